The minimum atomic E-state index is -0.414. The average Bonchev–Trinajstić information content (AvgIpc) is 3.01. The first kappa shape index (κ1) is 15.4. The van der Waals surface area contributed by atoms with Crippen LogP contribution in [0.2, 0.25) is 0 Å². The lowest BCUT2D eigenvalue weighted by Gasteiger charge is -2.17. The van der Waals surface area contributed by atoms with Gasteiger partial charge in [-0.15, -0.1) is 11.3 Å². The number of fused-ring (bicyclic) bond motifs is 3. The number of nitro benzene ring substituents is 1. The van der Waals surface area contributed by atoms with Gasteiger partial charge in [-0.25, -0.2) is 15.0 Å². The number of hydrogen-bond donors (Lipinski definition) is 0. The van der Waals surface area contributed by atoms with Gasteiger partial charge in [-0.3, -0.25) is 10.1 Å². The molecule has 2 aromatic carbocycles. The van der Waals surface area contributed by atoms with Crippen LogP contribution in [0.4, 0.5) is 17.3 Å². The van der Waals surface area contributed by atoms with Crippen molar-refractivity contribution in [1.29, 1.82) is 0 Å². The monoisotopic (exact) mass is 351 g/mol. The fourth-order valence-corrected chi connectivity index (χ4v) is 3.59. The molecule has 25 heavy (non-hydrogen) atoms. The zero-order valence-electron chi connectivity index (χ0n) is 13.5. The third-order valence-corrected chi connectivity index (χ3v) is 4.92. The number of rotatable bonds is 3. The molecule has 0 saturated heterocycles. The van der Waals surface area contributed by atoms with Gasteiger partial charge in [0, 0.05) is 30.8 Å². The first-order chi connectivity index (χ1) is 12.0. The van der Waals surface area contributed by atoms with Crippen LogP contribution in [0.5, 0.6) is 0 Å². The second kappa shape index (κ2) is 5.75. The van der Waals surface area contributed by atoms with E-state index in [4.69, 9.17) is 0 Å². The molecule has 0 radical (unpaired) electrons. The van der Waals surface area contributed by atoms with Crippen LogP contribution in [0.15, 0.2) is 42.6 Å². The number of thiazole rings is 1. The molecule has 4 rings (SSSR count). The summed E-state index contributed by atoms with van der Waals surface area (Å²) >= 11 is 1.59. The maximum absolute atomic E-state index is 11.0. The Hall–Kier alpha value is -3.13. The van der Waals surface area contributed by atoms with Crippen molar-refractivity contribution in [3.8, 4) is 0 Å². The van der Waals surface area contributed by atoms with E-state index in [-0.39, 0.29) is 5.69 Å². The third kappa shape index (κ3) is 2.66. The van der Waals surface area contributed by atoms with Crippen molar-refractivity contribution in [2.24, 2.45) is 0 Å². The SMILES string of the molecule is Cc1nc2ccc3cnc(N(C)c4cccc([N+](=O)[O-])c4)nc3c2s1. The first-order valence-electron chi connectivity index (χ1n) is 7.54. The molecular formula is C17H13N5O2S. The van der Waals surface area contributed by atoms with E-state index in [2.05, 4.69) is 15.0 Å². The van der Waals surface area contributed by atoms with Gasteiger partial charge in [-0.05, 0) is 25.1 Å². The topological polar surface area (TPSA) is 85.0 Å². The van der Waals surface area contributed by atoms with E-state index < -0.39 is 4.92 Å². The van der Waals surface area contributed by atoms with Crippen molar-refractivity contribution in [2.45, 2.75) is 6.92 Å². The molecule has 7 nitrogen and oxygen atoms in total. The van der Waals surface area contributed by atoms with Crippen LogP contribution in [0.3, 0.4) is 0 Å². The Labute approximate surface area is 146 Å². The van der Waals surface area contributed by atoms with Crippen molar-refractivity contribution >= 4 is 49.8 Å². The Morgan fingerprint density at radius 2 is 2.04 bits per heavy atom. The lowest BCUT2D eigenvalue weighted by atomic mass is 10.2. The number of benzene rings is 2. The van der Waals surface area contributed by atoms with Gasteiger partial charge in [0.25, 0.3) is 5.69 Å². The van der Waals surface area contributed by atoms with Gasteiger partial charge in [0.2, 0.25) is 5.95 Å². The highest BCUT2D eigenvalue weighted by Gasteiger charge is 2.14. The predicted octanol–water partition coefficient (Wildman–Crippen LogP) is 4.22. The summed E-state index contributed by atoms with van der Waals surface area (Å²) in [6.07, 6.45) is 1.76. The summed E-state index contributed by atoms with van der Waals surface area (Å²) < 4.78 is 1.02. The van der Waals surface area contributed by atoms with E-state index in [1.165, 1.54) is 12.1 Å². The van der Waals surface area contributed by atoms with Crippen LogP contribution in [-0.4, -0.2) is 26.9 Å². The van der Waals surface area contributed by atoms with E-state index in [1.54, 1.807) is 41.6 Å². The molecule has 0 fully saturated rings. The quantitative estimate of drug-likeness (QED) is 0.406. The van der Waals surface area contributed by atoms with Crippen molar-refractivity contribution in [2.75, 3.05) is 11.9 Å². The zero-order valence-corrected chi connectivity index (χ0v) is 14.3. The van der Waals surface area contributed by atoms with E-state index in [9.17, 15) is 10.1 Å². The third-order valence-electron chi connectivity index (χ3n) is 3.93. The van der Waals surface area contributed by atoms with Gasteiger partial charge in [0.1, 0.15) is 0 Å². The number of nitrogens with zero attached hydrogens (tertiary/aromatic N) is 5. The largest absolute Gasteiger partial charge is 0.313 e. The van der Waals surface area contributed by atoms with E-state index >= 15 is 0 Å². The van der Waals surface area contributed by atoms with Crippen molar-refractivity contribution < 1.29 is 4.92 Å². The molecule has 0 amide bonds. The molecule has 0 unspecified atom stereocenters. The van der Waals surface area contributed by atoms with Crippen LogP contribution in [0.25, 0.3) is 21.1 Å². The molecule has 0 aliphatic rings. The summed E-state index contributed by atoms with van der Waals surface area (Å²) in [4.78, 5) is 25.9. The number of anilines is 2. The summed E-state index contributed by atoms with van der Waals surface area (Å²) in [6.45, 7) is 1.97. The zero-order chi connectivity index (χ0) is 17.6. The number of aryl methyl sites for hydroxylation is 1. The minimum absolute atomic E-state index is 0.0330. The van der Waals surface area contributed by atoms with Gasteiger partial charge >= 0.3 is 0 Å². The molecule has 8 heteroatoms. The number of hydrogen-bond acceptors (Lipinski definition) is 7. The smallest absolute Gasteiger partial charge is 0.271 e. The highest BCUT2D eigenvalue weighted by atomic mass is 32.1. The molecule has 0 bridgehead atoms. The normalized spacial score (nSPS) is 11.1. The molecule has 0 aliphatic carbocycles. The average molecular weight is 351 g/mol. The second-order valence-corrected chi connectivity index (χ2v) is 6.79. The number of aromatic nitrogens is 3. The molecule has 2 aromatic heterocycles. The van der Waals surface area contributed by atoms with E-state index in [0.717, 1.165) is 26.1 Å². The lowest BCUT2D eigenvalue weighted by Crippen LogP contribution is -2.13. The Balaban J connectivity index is 1.84. The summed E-state index contributed by atoms with van der Waals surface area (Å²) in [5.41, 5.74) is 2.44. The standard InChI is InChI=1S/C17H13N5O2S/c1-10-19-14-7-6-11-9-18-17(20-15(11)16(14)25-10)21(2)12-4-3-5-13(8-12)22(23)24/h3-9H,1-2H3. The highest BCUT2D eigenvalue weighted by Crippen LogP contribution is 2.31. The van der Waals surface area contributed by atoms with Crippen LogP contribution < -0.4 is 4.90 Å². The molecule has 0 saturated carbocycles. The van der Waals surface area contributed by atoms with Crippen LogP contribution in [-0.2, 0) is 0 Å². The Kier molecular flexibility index (Phi) is 3.54. The maximum atomic E-state index is 11.0. The molecule has 0 N–H and O–H groups in total. The van der Waals surface area contributed by atoms with Crippen LogP contribution in [0, 0.1) is 17.0 Å². The minimum Gasteiger partial charge on any atom is -0.313 e. The van der Waals surface area contributed by atoms with Crippen LogP contribution in [0.1, 0.15) is 5.01 Å². The van der Waals surface area contributed by atoms with E-state index in [0.29, 0.717) is 11.6 Å². The van der Waals surface area contributed by atoms with Gasteiger partial charge in [-0.2, -0.15) is 0 Å². The molecule has 124 valence electrons. The first-order valence-corrected chi connectivity index (χ1v) is 8.35. The Morgan fingerprint density at radius 3 is 2.84 bits per heavy atom. The summed E-state index contributed by atoms with van der Waals surface area (Å²) in [6, 6.07) is 10.3. The lowest BCUT2D eigenvalue weighted by molar-refractivity contribution is -0.384. The van der Waals surface area contributed by atoms with Crippen LogP contribution >= 0.6 is 11.3 Å². The number of non-ortho nitro benzene ring substituents is 1. The molecule has 0 atom stereocenters. The fraction of sp³-hybridized carbons (Fsp3) is 0.118. The van der Waals surface area contributed by atoms with Crippen molar-refractivity contribution in [3.05, 3.63) is 57.7 Å². The Morgan fingerprint density at radius 1 is 1.20 bits per heavy atom. The second-order valence-electron chi connectivity index (χ2n) is 5.59. The van der Waals surface area contributed by atoms with Gasteiger partial charge in [0.05, 0.1) is 31.4 Å². The molecule has 2 heterocycles. The van der Waals surface area contributed by atoms with Gasteiger partial charge < -0.3 is 4.90 Å². The number of nitro groups is 1. The summed E-state index contributed by atoms with van der Waals surface area (Å²) in [7, 11) is 1.79. The summed E-state index contributed by atoms with van der Waals surface area (Å²) in [5.74, 6) is 0.478. The van der Waals surface area contributed by atoms with Gasteiger partial charge in [-0.1, -0.05) is 6.07 Å². The Bertz CT molecular complexity index is 1120. The fourth-order valence-electron chi connectivity index (χ4n) is 2.67. The molecule has 0 aliphatic heterocycles. The maximum Gasteiger partial charge on any atom is 0.271 e. The van der Waals surface area contributed by atoms with Crippen molar-refractivity contribution in [3.63, 3.8) is 0 Å². The van der Waals surface area contributed by atoms with Gasteiger partial charge in [0.15, 0.2) is 0 Å². The van der Waals surface area contributed by atoms with Crippen molar-refractivity contribution in [1.82, 2.24) is 15.0 Å². The predicted molar refractivity (Wildman–Crippen MR) is 98.6 cm³/mol. The van der Waals surface area contributed by atoms with E-state index in [1.807, 2.05) is 19.1 Å². The summed E-state index contributed by atoms with van der Waals surface area (Å²) in [5, 5.41) is 12.9. The molecular weight excluding hydrogens is 338 g/mol. The molecule has 4 aromatic rings. The highest BCUT2D eigenvalue weighted by molar-refractivity contribution is 7.19. The molecule has 0 spiro atoms.